The zero-order valence-corrected chi connectivity index (χ0v) is 14.7. The molecule has 0 atom stereocenters. The maximum Gasteiger partial charge on any atom is 0.329 e. The van der Waals surface area contributed by atoms with Gasteiger partial charge in [-0.1, -0.05) is 30.3 Å². The van der Waals surface area contributed by atoms with Crippen LogP contribution in [0.2, 0.25) is 0 Å². The van der Waals surface area contributed by atoms with Crippen LogP contribution in [-0.4, -0.2) is 23.4 Å². The van der Waals surface area contributed by atoms with Crippen LogP contribution in [0, 0.1) is 5.82 Å². The van der Waals surface area contributed by atoms with E-state index in [4.69, 9.17) is 0 Å². The van der Waals surface area contributed by atoms with Crippen molar-refractivity contribution < 1.29 is 18.8 Å². The summed E-state index contributed by atoms with van der Waals surface area (Å²) in [4.78, 5) is 35.3. The van der Waals surface area contributed by atoms with Gasteiger partial charge >= 0.3 is 11.8 Å². The Labute approximate surface area is 155 Å². The van der Waals surface area contributed by atoms with E-state index in [0.29, 0.717) is 11.4 Å². The predicted octanol–water partition coefficient (Wildman–Crippen LogP) is 1.96. The summed E-state index contributed by atoms with van der Waals surface area (Å²) in [7, 11) is 0. The predicted molar refractivity (Wildman–Crippen MR) is 99.2 cm³/mol. The maximum atomic E-state index is 12.8. The molecular weight excluding hydrogens is 351 g/mol. The molecule has 3 amide bonds. The highest BCUT2D eigenvalue weighted by Crippen LogP contribution is 2.08. The minimum Gasteiger partial charge on any atom is -0.344 e. The molecule has 0 aliphatic rings. The molecule has 8 heteroatoms. The lowest BCUT2D eigenvalue weighted by Crippen LogP contribution is -2.37. The van der Waals surface area contributed by atoms with E-state index in [0.717, 1.165) is 5.56 Å². The topological polar surface area (TPSA) is 99.7 Å². The second-order valence-corrected chi connectivity index (χ2v) is 5.69. The van der Waals surface area contributed by atoms with Crippen molar-refractivity contribution in [3.05, 3.63) is 66.0 Å². The number of rotatable bonds is 6. The molecular formula is C19H19FN4O3. The summed E-state index contributed by atoms with van der Waals surface area (Å²) in [5, 5.41) is 8.77. The normalized spacial score (nSPS) is 10.8. The van der Waals surface area contributed by atoms with Crippen LogP contribution in [0.15, 0.2) is 59.7 Å². The van der Waals surface area contributed by atoms with Gasteiger partial charge in [-0.05, 0) is 36.8 Å². The molecule has 0 unspecified atom stereocenters. The molecule has 140 valence electrons. The molecule has 0 saturated heterocycles. The Kier molecular flexibility index (Phi) is 7.18. The van der Waals surface area contributed by atoms with Crippen molar-refractivity contribution in [2.24, 2.45) is 5.10 Å². The van der Waals surface area contributed by atoms with Crippen LogP contribution in [0.3, 0.4) is 0 Å². The standard InChI is InChI=1S/C19H19FN4O3/c1-13(11-17(25)22-16-9-7-15(20)8-10-16)23-24-19(27)18(26)21-12-14-5-3-2-4-6-14/h2-10H,11-12H2,1H3,(H,21,26)(H,22,25)(H,24,27)/b23-13+. The van der Waals surface area contributed by atoms with Crippen LogP contribution in [0.1, 0.15) is 18.9 Å². The number of carbonyl (C=O) groups is 3. The zero-order valence-electron chi connectivity index (χ0n) is 14.7. The number of amides is 3. The van der Waals surface area contributed by atoms with Gasteiger partial charge in [0.05, 0.1) is 6.42 Å². The van der Waals surface area contributed by atoms with Gasteiger partial charge in [-0.15, -0.1) is 0 Å². The van der Waals surface area contributed by atoms with Gasteiger partial charge in [0.2, 0.25) is 5.91 Å². The second-order valence-electron chi connectivity index (χ2n) is 5.69. The van der Waals surface area contributed by atoms with Crippen molar-refractivity contribution in [2.75, 3.05) is 5.32 Å². The fraction of sp³-hybridized carbons (Fsp3) is 0.158. The Balaban J connectivity index is 1.76. The third-order valence-corrected chi connectivity index (χ3v) is 3.39. The van der Waals surface area contributed by atoms with Gasteiger partial charge in [-0.25, -0.2) is 9.82 Å². The molecule has 0 aromatic heterocycles. The number of hydrazone groups is 1. The number of nitrogens with one attached hydrogen (secondary N) is 3. The van der Waals surface area contributed by atoms with Gasteiger partial charge in [-0.2, -0.15) is 5.10 Å². The number of hydrogen-bond acceptors (Lipinski definition) is 4. The van der Waals surface area contributed by atoms with E-state index in [1.54, 1.807) is 0 Å². The molecule has 0 aliphatic carbocycles. The van der Waals surface area contributed by atoms with Crippen LogP contribution in [0.4, 0.5) is 10.1 Å². The highest BCUT2D eigenvalue weighted by atomic mass is 19.1. The van der Waals surface area contributed by atoms with Crippen molar-refractivity contribution in [2.45, 2.75) is 19.9 Å². The molecule has 0 heterocycles. The van der Waals surface area contributed by atoms with Crippen LogP contribution < -0.4 is 16.1 Å². The van der Waals surface area contributed by atoms with Gasteiger partial charge < -0.3 is 10.6 Å². The minimum absolute atomic E-state index is 0.0940. The van der Waals surface area contributed by atoms with Gasteiger partial charge in [0.25, 0.3) is 0 Å². The second kappa shape index (κ2) is 9.81. The minimum atomic E-state index is -0.927. The molecule has 0 aliphatic heterocycles. The molecule has 2 rings (SSSR count). The van der Waals surface area contributed by atoms with Crippen molar-refractivity contribution >= 4 is 29.1 Å². The van der Waals surface area contributed by atoms with Crippen molar-refractivity contribution in [3.8, 4) is 0 Å². The van der Waals surface area contributed by atoms with E-state index in [9.17, 15) is 18.8 Å². The molecule has 0 radical (unpaired) electrons. The van der Waals surface area contributed by atoms with Crippen molar-refractivity contribution in [3.63, 3.8) is 0 Å². The van der Waals surface area contributed by atoms with Crippen LogP contribution in [0.5, 0.6) is 0 Å². The first-order chi connectivity index (χ1) is 12.9. The summed E-state index contributed by atoms with van der Waals surface area (Å²) in [6.07, 6.45) is -0.0940. The fourth-order valence-corrected chi connectivity index (χ4v) is 2.07. The lowest BCUT2D eigenvalue weighted by molar-refractivity contribution is -0.139. The van der Waals surface area contributed by atoms with E-state index >= 15 is 0 Å². The highest BCUT2D eigenvalue weighted by Gasteiger charge is 2.13. The SMILES string of the molecule is C/C(CC(=O)Nc1ccc(F)cc1)=N\NC(=O)C(=O)NCc1ccccc1. The summed E-state index contributed by atoms with van der Waals surface area (Å²) in [5.41, 5.74) is 3.71. The van der Waals surface area contributed by atoms with E-state index in [1.165, 1.54) is 31.2 Å². The summed E-state index contributed by atoms with van der Waals surface area (Å²) in [6, 6.07) is 14.5. The Morgan fingerprint density at radius 3 is 2.30 bits per heavy atom. The lowest BCUT2D eigenvalue weighted by atomic mass is 10.2. The Hall–Kier alpha value is -3.55. The number of anilines is 1. The van der Waals surface area contributed by atoms with E-state index < -0.39 is 17.6 Å². The van der Waals surface area contributed by atoms with Gasteiger partial charge in [-0.3, -0.25) is 14.4 Å². The third kappa shape index (κ3) is 7.07. The maximum absolute atomic E-state index is 12.8. The third-order valence-electron chi connectivity index (χ3n) is 3.39. The number of halogens is 1. The Bertz CT molecular complexity index is 836. The first kappa shape index (κ1) is 19.8. The van der Waals surface area contributed by atoms with Gasteiger partial charge in [0.15, 0.2) is 0 Å². The van der Waals surface area contributed by atoms with Gasteiger partial charge in [0.1, 0.15) is 5.82 Å². The molecule has 0 fully saturated rings. The van der Waals surface area contributed by atoms with E-state index in [-0.39, 0.29) is 18.9 Å². The molecule has 3 N–H and O–H groups in total. The number of nitrogens with zero attached hydrogens (tertiary/aromatic N) is 1. The fourth-order valence-electron chi connectivity index (χ4n) is 2.07. The molecule has 2 aromatic carbocycles. The summed E-state index contributed by atoms with van der Waals surface area (Å²) in [5.74, 6) is -2.54. The van der Waals surface area contributed by atoms with Gasteiger partial charge in [0, 0.05) is 17.9 Å². The average Bonchev–Trinajstić information content (AvgIpc) is 2.66. The van der Waals surface area contributed by atoms with Crippen LogP contribution in [0.25, 0.3) is 0 Å². The van der Waals surface area contributed by atoms with Crippen LogP contribution in [-0.2, 0) is 20.9 Å². The Morgan fingerprint density at radius 1 is 0.963 bits per heavy atom. The smallest absolute Gasteiger partial charge is 0.329 e. The Morgan fingerprint density at radius 2 is 1.63 bits per heavy atom. The monoisotopic (exact) mass is 370 g/mol. The molecule has 27 heavy (non-hydrogen) atoms. The van der Waals surface area contributed by atoms with Crippen LogP contribution >= 0.6 is 0 Å². The molecule has 7 nitrogen and oxygen atoms in total. The largest absolute Gasteiger partial charge is 0.344 e. The number of benzene rings is 2. The van der Waals surface area contributed by atoms with Crippen molar-refractivity contribution in [1.29, 1.82) is 0 Å². The molecule has 0 bridgehead atoms. The molecule has 0 spiro atoms. The zero-order chi connectivity index (χ0) is 19.6. The van der Waals surface area contributed by atoms with Crippen molar-refractivity contribution in [1.82, 2.24) is 10.7 Å². The first-order valence-corrected chi connectivity index (χ1v) is 8.14. The number of hydrogen-bond donors (Lipinski definition) is 3. The van der Waals surface area contributed by atoms with E-state index in [2.05, 4.69) is 21.2 Å². The van der Waals surface area contributed by atoms with E-state index in [1.807, 2.05) is 30.3 Å². The first-order valence-electron chi connectivity index (χ1n) is 8.14. The quantitative estimate of drug-likeness (QED) is 0.412. The molecule has 0 saturated carbocycles. The number of carbonyl (C=O) groups excluding carboxylic acids is 3. The summed E-state index contributed by atoms with van der Waals surface area (Å²) < 4.78 is 12.8. The summed E-state index contributed by atoms with van der Waals surface area (Å²) >= 11 is 0. The highest BCUT2D eigenvalue weighted by molar-refractivity contribution is 6.35. The average molecular weight is 370 g/mol. The summed E-state index contributed by atoms with van der Waals surface area (Å²) in [6.45, 7) is 1.75. The molecule has 2 aromatic rings. The lowest BCUT2D eigenvalue weighted by Gasteiger charge is -2.06.